The second-order valence-corrected chi connectivity index (χ2v) is 8.47. The van der Waals surface area contributed by atoms with Gasteiger partial charge in [0.05, 0.1) is 29.6 Å². The van der Waals surface area contributed by atoms with E-state index < -0.39 is 9.84 Å². The molecule has 1 amide bonds. The van der Waals surface area contributed by atoms with E-state index in [0.717, 1.165) is 0 Å². The van der Waals surface area contributed by atoms with Crippen LogP contribution in [-0.2, 0) is 19.4 Å². The number of amides is 1. The normalized spacial score (nSPS) is 15.8. The molecular weight excluding hydrogens is 346 g/mol. The standard InChI is InChI=1S/C14H18ClNO4S2/c15-12-1-3-13(4-2-12)22(18,19)10-9-21-11-14(17)16-5-7-20-8-6-16/h1-4H,5-11H2. The molecular formula is C14H18ClNO4S2. The maximum atomic E-state index is 12.1. The molecule has 1 aromatic carbocycles. The number of hydrogen-bond acceptors (Lipinski definition) is 5. The Balaban J connectivity index is 1.75. The maximum Gasteiger partial charge on any atom is 0.232 e. The monoisotopic (exact) mass is 363 g/mol. The van der Waals surface area contributed by atoms with Crippen molar-refractivity contribution in [3.8, 4) is 0 Å². The summed E-state index contributed by atoms with van der Waals surface area (Å²) < 4.78 is 29.4. The molecule has 0 bridgehead atoms. The minimum absolute atomic E-state index is 0.00961. The van der Waals surface area contributed by atoms with Crippen molar-refractivity contribution in [2.45, 2.75) is 4.90 Å². The van der Waals surface area contributed by atoms with Crippen LogP contribution in [0.3, 0.4) is 0 Å². The molecule has 0 aliphatic carbocycles. The van der Waals surface area contributed by atoms with Gasteiger partial charge in [0.2, 0.25) is 5.91 Å². The second kappa shape index (κ2) is 8.19. The maximum absolute atomic E-state index is 12.1. The molecule has 22 heavy (non-hydrogen) atoms. The highest BCUT2D eigenvalue weighted by Crippen LogP contribution is 2.16. The molecule has 0 unspecified atom stereocenters. The topological polar surface area (TPSA) is 63.7 Å². The highest BCUT2D eigenvalue weighted by molar-refractivity contribution is 8.01. The molecule has 1 heterocycles. The largest absolute Gasteiger partial charge is 0.378 e. The van der Waals surface area contributed by atoms with Crippen LogP contribution in [0.5, 0.6) is 0 Å². The van der Waals surface area contributed by atoms with Crippen LogP contribution in [0.2, 0.25) is 5.02 Å². The van der Waals surface area contributed by atoms with Crippen LogP contribution in [0.15, 0.2) is 29.2 Å². The Morgan fingerprint density at radius 1 is 1.23 bits per heavy atom. The molecule has 122 valence electrons. The minimum atomic E-state index is -3.32. The van der Waals surface area contributed by atoms with Crippen molar-refractivity contribution in [3.05, 3.63) is 29.3 Å². The lowest BCUT2D eigenvalue weighted by Gasteiger charge is -2.26. The van der Waals surface area contributed by atoms with E-state index in [-0.39, 0.29) is 16.6 Å². The predicted octanol–water partition coefficient (Wildman–Crippen LogP) is 1.71. The average Bonchev–Trinajstić information content (AvgIpc) is 2.52. The summed E-state index contributed by atoms with van der Waals surface area (Å²) in [7, 11) is -3.32. The second-order valence-electron chi connectivity index (χ2n) is 4.82. The predicted molar refractivity (Wildman–Crippen MR) is 88.2 cm³/mol. The van der Waals surface area contributed by atoms with E-state index in [1.165, 1.54) is 23.9 Å². The smallest absolute Gasteiger partial charge is 0.232 e. The first-order chi connectivity index (χ1) is 10.5. The van der Waals surface area contributed by atoms with E-state index in [4.69, 9.17) is 16.3 Å². The summed E-state index contributed by atoms with van der Waals surface area (Å²) >= 11 is 7.09. The van der Waals surface area contributed by atoms with Crippen molar-refractivity contribution in [2.24, 2.45) is 0 Å². The Hall–Kier alpha value is -0.760. The van der Waals surface area contributed by atoms with E-state index in [1.807, 2.05) is 0 Å². The molecule has 8 heteroatoms. The van der Waals surface area contributed by atoms with Crippen LogP contribution < -0.4 is 0 Å². The van der Waals surface area contributed by atoms with Gasteiger partial charge in [-0.05, 0) is 24.3 Å². The van der Waals surface area contributed by atoms with Gasteiger partial charge in [-0.2, -0.15) is 11.8 Å². The van der Waals surface area contributed by atoms with Gasteiger partial charge >= 0.3 is 0 Å². The number of sulfone groups is 1. The zero-order valence-corrected chi connectivity index (χ0v) is 14.4. The van der Waals surface area contributed by atoms with Crippen molar-refractivity contribution in [2.75, 3.05) is 43.6 Å². The number of benzene rings is 1. The third-order valence-electron chi connectivity index (χ3n) is 3.26. The molecule has 0 aromatic heterocycles. The van der Waals surface area contributed by atoms with E-state index in [0.29, 0.717) is 42.8 Å². The zero-order chi connectivity index (χ0) is 16.0. The first kappa shape index (κ1) is 17.6. The molecule has 0 saturated carbocycles. The minimum Gasteiger partial charge on any atom is -0.378 e. The van der Waals surface area contributed by atoms with Gasteiger partial charge < -0.3 is 9.64 Å². The number of nitrogens with zero attached hydrogens (tertiary/aromatic N) is 1. The Kier molecular flexibility index (Phi) is 6.55. The number of morpholine rings is 1. The summed E-state index contributed by atoms with van der Waals surface area (Å²) in [5.41, 5.74) is 0. The summed E-state index contributed by atoms with van der Waals surface area (Å²) in [6.07, 6.45) is 0. The molecule has 1 aliphatic rings. The molecule has 2 rings (SSSR count). The van der Waals surface area contributed by atoms with Crippen LogP contribution in [0.4, 0.5) is 0 Å². The van der Waals surface area contributed by atoms with Crippen LogP contribution in [0, 0.1) is 0 Å². The van der Waals surface area contributed by atoms with Gasteiger partial charge in [-0.3, -0.25) is 4.79 Å². The van der Waals surface area contributed by atoms with Crippen molar-refractivity contribution >= 4 is 39.1 Å². The fourth-order valence-corrected chi connectivity index (χ4v) is 4.75. The Labute approximate surface area is 139 Å². The molecule has 1 fully saturated rings. The number of carbonyl (C=O) groups is 1. The third-order valence-corrected chi connectivity index (χ3v) is 6.44. The highest BCUT2D eigenvalue weighted by Gasteiger charge is 2.18. The summed E-state index contributed by atoms with van der Waals surface area (Å²) in [6, 6.07) is 6.12. The van der Waals surface area contributed by atoms with Gasteiger partial charge in [0.25, 0.3) is 0 Å². The van der Waals surface area contributed by atoms with Crippen LogP contribution in [0.1, 0.15) is 0 Å². The van der Waals surface area contributed by atoms with Crippen LogP contribution in [0.25, 0.3) is 0 Å². The van der Waals surface area contributed by atoms with E-state index in [9.17, 15) is 13.2 Å². The van der Waals surface area contributed by atoms with Crippen LogP contribution in [-0.4, -0.2) is 62.8 Å². The van der Waals surface area contributed by atoms with E-state index in [1.54, 1.807) is 17.0 Å². The lowest BCUT2D eigenvalue weighted by atomic mass is 10.4. The molecule has 0 spiro atoms. The number of carbonyl (C=O) groups excluding carboxylic acids is 1. The average molecular weight is 364 g/mol. The molecule has 5 nitrogen and oxygen atoms in total. The number of halogens is 1. The van der Waals surface area contributed by atoms with Gasteiger partial charge in [0, 0.05) is 23.9 Å². The quantitative estimate of drug-likeness (QED) is 0.720. The summed E-state index contributed by atoms with van der Waals surface area (Å²) in [5, 5.41) is 0.504. The summed E-state index contributed by atoms with van der Waals surface area (Å²) in [4.78, 5) is 13.9. The van der Waals surface area contributed by atoms with Crippen molar-refractivity contribution in [1.82, 2.24) is 4.90 Å². The number of thioether (sulfide) groups is 1. The van der Waals surface area contributed by atoms with Crippen molar-refractivity contribution in [3.63, 3.8) is 0 Å². The van der Waals surface area contributed by atoms with Gasteiger partial charge in [-0.1, -0.05) is 11.6 Å². The molecule has 1 aliphatic heterocycles. The Bertz CT molecular complexity index is 598. The molecule has 1 aromatic rings. The lowest BCUT2D eigenvalue weighted by molar-refractivity contribution is -0.132. The van der Waals surface area contributed by atoms with Crippen molar-refractivity contribution < 1.29 is 17.9 Å². The zero-order valence-electron chi connectivity index (χ0n) is 12.0. The first-order valence-electron chi connectivity index (χ1n) is 6.90. The van der Waals surface area contributed by atoms with Crippen LogP contribution >= 0.6 is 23.4 Å². The fourth-order valence-electron chi connectivity index (χ4n) is 1.99. The first-order valence-corrected chi connectivity index (χ1v) is 10.1. The highest BCUT2D eigenvalue weighted by atomic mass is 35.5. The van der Waals surface area contributed by atoms with E-state index >= 15 is 0 Å². The summed E-state index contributed by atoms with van der Waals surface area (Å²) in [5.74, 6) is 0.740. The van der Waals surface area contributed by atoms with Gasteiger partial charge in [0.15, 0.2) is 9.84 Å². The number of ether oxygens (including phenoxy) is 1. The van der Waals surface area contributed by atoms with Gasteiger partial charge in [-0.15, -0.1) is 0 Å². The fraction of sp³-hybridized carbons (Fsp3) is 0.500. The van der Waals surface area contributed by atoms with Gasteiger partial charge in [0.1, 0.15) is 0 Å². The Morgan fingerprint density at radius 3 is 2.50 bits per heavy atom. The SMILES string of the molecule is O=C(CSCCS(=O)(=O)c1ccc(Cl)cc1)N1CCOCC1. The lowest BCUT2D eigenvalue weighted by Crippen LogP contribution is -2.41. The summed E-state index contributed by atoms with van der Waals surface area (Å²) in [6.45, 7) is 2.37. The van der Waals surface area contributed by atoms with Gasteiger partial charge in [-0.25, -0.2) is 8.42 Å². The third kappa shape index (κ3) is 5.15. The molecule has 0 N–H and O–H groups in total. The van der Waals surface area contributed by atoms with E-state index in [2.05, 4.69) is 0 Å². The Morgan fingerprint density at radius 2 is 1.86 bits per heavy atom. The molecule has 0 radical (unpaired) electrons. The van der Waals surface area contributed by atoms with Crippen molar-refractivity contribution in [1.29, 1.82) is 0 Å². The molecule has 1 saturated heterocycles. The number of hydrogen-bond donors (Lipinski definition) is 0. The number of rotatable bonds is 6. The molecule has 0 atom stereocenters.